The van der Waals surface area contributed by atoms with Gasteiger partial charge in [-0.25, -0.2) is 9.97 Å². The molecule has 5 aliphatic carbocycles. The van der Waals surface area contributed by atoms with Gasteiger partial charge in [-0.2, -0.15) is 0 Å². The van der Waals surface area contributed by atoms with Crippen LogP contribution >= 0.6 is 0 Å². The molecule has 4 nitrogen and oxygen atoms in total. The van der Waals surface area contributed by atoms with E-state index < -0.39 is 0 Å². The highest BCUT2D eigenvalue weighted by Gasteiger charge is 2.40. The summed E-state index contributed by atoms with van der Waals surface area (Å²) in [7, 11) is 0. The minimum absolute atomic E-state index is 0.420. The molecule has 2 aliphatic heterocycles. The first-order valence-electron chi connectivity index (χ1n) is 21.6. The first kappa shape index (κ1) is 36.3. The van der Waals surface area contributed by atoms with Crippen LogP contribution in [0.25, 0.3) is 22.5 Å². The molecule has 0 bridgehead atoms. The Morgan fingerprint density at radius 1 is 0.845 bits per heavy atom. The third-order valence-corrected chi connectivity index (χ3v) is 12.9. The third-order valence-electron chi connectivity index (χ3n) is 12.9. The Kier molecular flexibility index (Phi) is 10.1. The Morgan fingerprint density at radius 3 is 2.57 bits per heavy atom. The van der Waals surface area contributed by atoms with Gasteiger partial charge in [-0.05, 0) is 104 Å². The number of anilines is 2. The van der Waals surface area contributed by atoms with Gasteiger partial charge < -0.3 is 9.80 Å². The van der Waals surface area contributed by atoms with E-state index in [2.05, 4.69) is 175 Å². The molecule has 0 fully saturated rings. The van der Waals surface area contributed by atoms with Gasteiger partial charge in [0.25, 0.3) is 0 Å². The van der Waals surface area contributed by atoms with Crippen LogP contribution in [-0.4, -0.2) is 22.1 Å². The van der Waals surface area contributed by atoms with E-state index in [1.165, 1.54) is 63.4 Å². The van der Waals surface area contributed by atoms with Crippen LogP contribution in [-0.2, 0) is 0 Å². The lowest BCUT2D eigenvalue weighted by Gasteiger charge is -2.38. The molecule has 0 spiro atoms. The molecule has 58 heavy (non-hydrogen) atoms. The SMILES string of the molecule is CCC=CC=C1CC2=C(CCC(C3C=C4c5ccccc5N(C5C=CC=CC5)C4CC3)=C2)N1c1cc(C2=CC=C(C3=CCC=CC=C3)CC2)nc(-c2ccccc2)n1. The lowest BCUT2D eigenvalue weighted by atomic mass is 9.78. The molecule has 3 heterocycles. The summed E-state index contributed by atoms with van der Waals surface area (Å²) in [6, 6.07) is 22.8. The number of para-hydroxylation sites is 1. The van der Waals surface area contributed by atoms with Crippen molar-refractivity contribution in [3.8, 4) is 11.4 Å². The van der Waals surface area contributed by atoms with E-state index in [1.807, 2.05) is 0 Å². The maximum absolute atomic E-state index is 5.36. The van der Waals surface area contributed by atoms with Crippen LogP contribution < -0.4 is 9.80 Å². The van der Waals surface area contributed by atoms with Crippen molar-refractivity contribution >= 4 is 22.7 Å². The zero-order valence-electron chi connectivity index (χ0n) is 33.6. The maximum Gasteiger partial charge on any atom is 0.162 e. The Balaban J connectivity index is 1.01. The molecule has 1 aromatic heterocycles. The molecule has 4 heteroatoms. The van der Waals surface area contributed by atoms with Crippen molar-refractivity contribution in [3.63, 3.8) is 0 Å². The van der Waals surface area contributed by atoms with Crippen molar-refractivity contribution < 1.29 is 0 Å². The van der Waals surface area contributed by atoms with Gasteiger partial charge in [0.05, 0.1) is 17.8 Å². The Bertz CT molecular complexity index is 2490. The van der Waals surface area contributed by atoms with Gasteiger partial charge in [0.2, 0.25) is 0 Å². The van der Waals surface area contributed by atoms with Crippen molar-refractivity contribution in [3.05, 3.63) is 203 Å². The topological polar surface area (TPSA) is 32.3 Å². The van der Waals surface area contributed by atoms with Gasteiger partial charge in [0.15, 0.2) is 5.82 Å². The van der Waals surface area contributed by atoms with Crippen molar-refractivity contribution in [2.45, 2.75) is 83.2 Å². The highest BCUT2D eigenvalue weighted by atomic mass is 15.2. The summed E-state index contributed by atoms with van der Waals surface area (Å²) in [4.78, 5) is 15.8. The van der Waals surface area contributed by atoms with Gasteiger partial charge >= 0.3 is 0 Å². The molecule has 0 saturated heterocycles. The molecule has 2 aromatic carbocycles. The summed E-state index contributed by atoms with van der Waals surface area (Å²) in [5, 5.41) is 0. The maximum atomic E-state index is 5.36. The second-order valence-corrected chi connectivity index (χ2v) is 16.4. The normalized spacial score (nSPS) is 24.3. The van der Waals surface area contributed by atoms with E-state index in [-0.39, 0.29) is 0 Å². The summed E-state index contributed by atoms with van der Waals surface area (Å²) in [5.41, 5.74) is 16.1. The predicted octanol–water partition coefficient (Wildman–Crippen LogP) is 13.3. The van der Waals surface area contributed by atoms with Crippen LogP contribution in [0.5, 0.6) is 0 Å². The summed E-state index contributed by atoms with van der Waals surface area (Å²) in [6.07, 6.45) is 47.2. The van der Waals surface area contributed by atoms with Crippen molar-refractivity contribution in [1.82, 2.24) is 9.97 Å². The van der Waals surface area contributed by atoms with Crippen LogP contribution in [0, 0.1) is 5.92 Å². The molecule has 10 rings (SSSR count). The largest absolute Gasteiger partial charge is 0.357 e. The number of hydrogen-bond donors (Lipinski definition) is 0. The van der Waals surface area contributed by atoms with Gasteiger partial charge in [-0.1, -0.05) is 152 Å². The van der Waals surface area contributed by atoms with Crippen LogP contribution in [0.2, 0.25) is 0 Å². The molecule has 0 saturated carbocycles. The minimum atomic E-state index is 0.420. The number of rotatable bonds is 8. The number of nitrogens with zero attached hydrogens (tertiary/aromatic N) is 4. The van der Waals surface area contributed by atoms with Crippen molar-refractivity contribution in [2.75, 3.05) is 9.80 Å². The molecule has 3 aromatic rings. The summed E-state index contributed by atoms with van der Waals surface area (Å²) >= 11 is 0. The van der Waals surface area contributed by atoms with Crippen LogP contribution in [0.3, 0.4) is 0 Å². The minimum Gasteiger partial charge on any atom is -0.357 e. The number of hydrogen-bond acceptors (Lipinski definition) is 4. The predicted molar refractivity (Wildman–Crippen MR) is 243 cm³/mol. The number of benzene rings is 2. The zero-order chi connectivity index (χ0) is 38.8. The summed E-state index contributed by atoms with van der Waals surface area (Å²) < 4.78 is 0. The first-order valence-corrected chi connectivity index (χ1v) is 21.6. The lowest BCUT2D eigenvalue weighted by Crippen LogP contribution is -2.41. The van der Waals surface area contributed by atoms with E-state index >= 15 is 0 Å². The molecule has 0 radical (unpaired) electrons. The fourth-order valence-corrected chi connectivity index (χ4v) is 10.1. The van der Waals surface area contributed by atoms with E-state index in [1.54, 1.807) is 5.57 Å². The number of allylic oxidation sites excluding steroid dienone is 20. The Morgan fingerprint density at radius 2 is 1.71 bits per heavy atom. The smallest absolute Gasteiger partial charge is 0.162 e. The zero-order valence-corrected chi connectivity index (χ0v) is 33.6. The molecular formula is C54H52N4. The molecule has 0 N–H and O–H groups in total. The highest BCUT2D eigenvalue weighted by molar-refractivity contribution is 5.89. The Hall–Kier alpha value is -6.00. The van der Waals surface area contributed by atoms with Crippen LogP contribution in [0.1, 0.15) is 82.4 Å². The average molecular weight is 757 g/mol. The average Bonchev–Trinajstić information content (AvgIpc) is 3.67. The van der Waals surface area contributed by atoms with Gasteiger partial charge in [0, 0.05) is 40.7 Å². The second kappa shape index (κ2) is 16.1. The second-order valence-electron chi connectivity index (χ2n) is 16.4. The van der Waals surface area contributed by atoms with Crippen LogP contribution in [0.4, 0.5) is 11.5 Å². The number of fused-ring (bicyclic) bond motifs is 3. The molecular weight excluding hydrogens is 705 g/mol. The van der Waals surface area contributed by atoms with E-state index in [4.69, 9.17) is 9.97 Å². The number of aromatic nitrogens is 2. The summed E-state index contributed by atoms with van der Waals surface area (Å²) in [5.74, 6) is 2.21. The quantitative estimate of drug-likeness (QED) is 0.229. The Labute approximate surface area is 344 Å². The first-order chi connectivity index (χ1) is 28.7. The monoisotopic (exact) mass is 756 g/mol. The molecule has 3 atom stereocenters. The lowest BCUT2D eigenvalue weighted by molar-refractivity contribution is 0.518. The van der Waals surface area contributed by atoms with Gasteiger partial charge in [0.1, 0.15) is 5.82 Å². The van der Waals surface area contributed by atoms with Crippen LogP contribution in [0.15, 0.2) is 192 Å². The molecule has 7 aliphatic rings. The highest BCUT2D eigenvalue weighted by Crippen LogP contribution is 2.51. The fourth-order valence-electron chi connectivity index (χ4n) is 10.1. The summed E-state index contributed by atoms with van der Waals surface area (Å²) in [6.45, 7) is 2.20. The van der Waals surface area contributed by atoms with Crippen molar-refractivity contribution in [2.24, 2.45) is 5.92 Å². The third kappa shape index (κ3) is 7.00. The fraction of sp³-hybridized carbons (Fsp3) is 0.259. The van der Waals surface area contributed by atoms with E-state index in [9.17, 15) is 0 Å². The van der Waals surface area contributed by atoms with Gasteiger partial charge in [-0.3, -0.25) is 0 Å². The van der Waals surface area contributed by atoms with Crippen molar-refractivity contribution in [1.29, 1.82) is 0 Å². The molecule has 288 valence electrons. The van der Waals surface area contributed by atoms with E-state index in [0.717, 1.165) is 74.3 Å². The molecule has 3 unspecified atom stereocenters. The molecule has 0 amide bonds. The van der Waals surface area contributed by atoms with E-state index in [0.29, 0.717) is 18.0 Å². The standard InChI is InChI=1S/C54H52N4/c1-2-3-8-23-46-35-44-34-42(43-31-33-52-48(36-43)47-24-15-16-25-51(47)57(52)45-21-13-7-14-22-45)30-32-50(44)58(46)53-37-49(55-54(56-53)41-19-11-6-12-20-41)40-28-26-39(27-29-40)38-17-9-4-5-10-18-38/h3-9,11-21,23-26,28,34,36-37,43,45,52H,2,10,22,27,29-33,35H2,1H3. The van der Waals surface area contributed by atoms with Gasteiger partial charge in [-0.15, -0.1) is 0 Å².